The van der Waals surface area contributed by atoms with E-state index in [-0.39, 0.29) is 6.17 Å². The largest absolute Gasteiger partial charge is 0.311 e. The second-order valence-corrected chi connectivity index (χ2v) is 5.59. The molecule has 2 aromatic rings. The summed E-state index contributed by atoms with van der Waals surface area (Å²) in [7, 11) is 0. The number of thiophene rings is 1. The van der Waals surface area contributed by atoms with Crippen molar-refractivity contribution in [3.05, 3.63) is 22.3 Å². The van der Waals surface area contributed by atoms with Crippen molar-refractivity contribution in [2.45, 2.75) is 25.4 Å². The highest BCUT2D eigenvalue weighted by Crippen LogP contribution is 2.33. The van der Waals surface area contributed by atoms with Crippen molar-refractivity contribution in [1.82, 2.24) is 14.8 Å². The Morgan fingerprint density at radius 2 is 2.31 bits per heavy atom. The van der Waals surface area contributed by atoms with E-state index in [2.05, 4.69) is 10.2 Å². The van der Waals surface area contributed by atoms with Gasteiger partial charge in [-0.15, -0.1) is 21.5 Å². The molecule has 0 bridgehead atoms. The molecule has 1 aliphatic rings. The van der Waals surface area contributed by atoms with Crippen LogP contribution >= 0.6 is 22.9 Å². The molecule has 0 amide bonds. The van der Waals surface area contributed by atoms with Crippen molar-refractivity contribution in [2.24, 2.45) is 5.73 Å². The molecule has 0 radical (unpaired) electrons. The second kappa shape index (κ2) is 3.84. The molecule has 4 nitrogen and oxygen atoms in total. The number of hydrogen-bond acceptors (Lipinski definition) is 4. The third kappa shape index (κ3) is 1.55. The summed E-state index contributed by atoms with van der Waals surface area (Å²) in [6, 6.07) is 3.84. The summed E-state index contributed by atoms with van der Waals surface area (Å²) in [5.41, 5.74) is 6.09. The van der Waals surface area contributed by atoms with Gasteiger partial charge in [-0.2, -0.15) is 0 Å². The quantitative estimate of drug-likeness (QED) is 0.851. The van der Waals surface area contributed by atoms with Crippen LogP contribution < -0.4 is 5.73 Å². The average Bonchev–Trinajstić information content (AvgIpc) is 2.84. The van der Waals surface area contributed by atoms with Crippen molar-refractivity contribution < 1.29 is 0 Å². The van der Waals surface area contributed by atoms with Gasteiger partial charge in [0.25, 0.3) is 0 Å². The lowest BCUT2D eigenvalue weighted by Gasteiger charge is -2.21. The first kappa shape index (κ1) is 10.3. The van der Waals surface area contributed by atoms with E-state index in [4.69, 9.17) is 17.3 Å². The number of hydrogen-bond donors (Lipinski definition) is 1. The van der Waals surface area contributed by atoms with E-state index >= 15 is 0 Å². The van der Waals surface area contributed by atoms with Crippen LogP contribution in [0.25, 0.3) is 10.7 Å². The van der Waals surface area contributed by atoms with Gasteiger partial charge in [0.05, 0.1) is 15.4 Å². The SMILES string of the molecule is NC1CCCc2nnc(-c3ccc(Cl)s3)n21. The Morgan fingerprint density at radius 3 is 3.06 bits per heavy atom. The first-order chi connectivity index (χ1) is 7.75. The summed E-state index contributed by atoms with van der Waals surface area (Å²) >= 11 is 7.43. The molecule has 0 aliphatic carbocycles. The van der Waals surface area contributed by atoms with Crippen LogP contribution in [0.4, 0.5) is 0 Å². The number of halogens is 1. The number of aryl methyl sites for hydroxylation is 1. The van der Waals surface area contributed by atoms with E-state index in [1.807, 2.05) is 16.7 Å². The fourth-order valence-electron chi connectivity index (χ4n) is 2.04. The fraction of sp³-hybridized carbons (Fsp3) is 0.400. The smallest absolute Gasteiger partial charge is 0.175 e. The van der Waals surface area contributed by atoms with E-state index in [0.29, 0.717) is 0 Å². The van der Waals surface area contributed by atoms with Crippen molar-refractivity contribution >= 4 is 22.9 Å². The summed E-state index contributed by atoms with van der Waals surface area (Å²) in [6.07, 6.45) is 3.02. The highest BCUT2D eigenvalue weighted by Gasteiger charge is 2.23. The third-order valence-electron chi connectivity index (χ3n) is 2.79. The predicted octanol–water partition coefficient (Wildman–Crippen LogP) is 2.45. The van der Waals surface area contributed by atoms with Crippen molar-refractivity contribution in [3.63, 3.8) is 0 Å². The minimum Gasteiger partial charge on any atom is -0.311 e. The molecule has 0 saturated heterocycles. The molecule has 0 fully saturated rings. The molecule has 16 heavy (non-hydrogen) atoms. The lowest BCUT2D eigenvalue weighted by molar-refractivity contribution is 0.412. The van der Waals surface area contributed by atoms with Gasteiger partial charge in [0.2, 0.25) is 0 Å². The molecule has 1 unspecified atom stereocenters. The molecule has 84 valence electrons. The van der Waals surface area contributed by atoms with E-state index in [1.165, 1.54) is 11.3 Å². The van der Waals surface area contributed by atoms with Gasteiger partial charge in [0.15, 0.2) is 5.82 Å². The predicted molar refractivity (Wildman–Crippen MR) is 64.5 cm³/mol. The molecule has 2 N–H and O–H groups in total. The molecule has 1 aliphatic heterocycles. The maximum absolute atomic E-state index is 6.09. The Kier molecular flexibility index (Phi) is 2.46. The Labute approximate surface area is 102 Å². The first-order valence-electron chi connectivity index (χ1n) is 5.21. The Morgan fingerprint density at radius 1 is 1.44 bits per heavy atom. The maximum atomic E-state index is 6.09. The second-order valence-electron chi connectivity index (χ2n) is 3.87. The summed E-state index contributed by atoms with van der Waals surface area (Å²) in [5, 5.41) is 8.41. The Bertz CT molecular complexity index is 519. The number of aromatic nitrogens is 3. The number of rotatable bonds is 1. The van der Waals surface area contributed by atoms with Crippen molar-refractivity contribution in [1.29, 1.82) is 0 Å². The van der Waals surface area contributed by atoms with Crippen molar-refractivity contribution in [2.75, 3.05) is 0 Å². The van der Waals surface area contributed by atoms with Crippen LogP contribution in [0, 0.1) is 0 Å². The van der Waals surface area contributed by atoms with Gasteiger partial charge in [-0.1, -0.05) is 11.6 Å². The van der Waals surface area contributed by atoms with Crippen LogP contribution in [0.1, 0.15) is 24.8 Å². The zero-order chi connectivity index (χ0) is 11.1. The third-order valence-corrected chi connectivity index (χ3v) is 4.02. The number of nitrogens with two attached hydrogens (primary N) is 1. The van der Waals surface area contributed by atoms with Crippen LogP contribution in [0.5, 0.6) is 0 Å². The van der Waals surface area contributed by atoms with E-state index < -0.39 is 0 Å². The normalized spacial score (nSPS) is 19.8. The maximum Gasteiger partial charge on any atom is 0.175 e. The van der Waals surface area contributed by atoms with Gasteiger partial charge < -0.3 is 5.73 Å². The molecule has 3 rings (SSSR count). The molecular weight excluding hydrogens is 244 g/mol. The fourth-order valence-corrected chi connectivity index (χ4v) is 3.07. The summed E-state index contributed by atoms with van der Waals surface area (Å²) < 4.78 is 2.79. The number of fused-ring (bicyclic) bond motifs is 1. The van der Waals surface area contributed by atoms with Gasteiger partial charge in [-0.05, 0) is 25.0 Å². The Hall–Kier alpha value is -0.910. The minimum atomic E-state index is -0.00498. The highest BCUT2D eigenvalue weighted by molar-refractivity contribution is 7.19. The number of nitrogens with zero attached hydrogens (tertiary/aromatic N) is 3. The average molecular weight is 255 g/mol. The topological polar surface area (TPSA) is 56.7 Å². The lowest BCUT2D eigenvalue weighted by Crippen LogP contribution is -2.25. The van der Waals surface area contributed by atoms with E-state index in [9.17, 15) is 0 Å². The highest BCUT2D eigenvalue weighted by atomic mass is 35.5. The zero-order valence-corrected chi connectivity index (χ0v) is 10.1. The van der Waals surface area contributed by atoms with Gasteiger partial charge in [0.1, 0.15) is 5.82 Å². The minimum absolute atomic E-state index is 0.00498. The molecule has 2 aromatic heterocycles. The summed E-state index contributed by atoms with van der Waals surface area (Å²) in [5.74, 6) is 1.83. The van der Waals surface area contributed by atoms with Crippen molar-refractivity contribution in [3.8, 4) is 10.7 Å². The molecule has 0 spiro atoms. The van der Waals surface area contributed by atoms with Crippen LogP contribution in [-0.4, -0.2) is 14.8 Å². The van der Waals surface area contributed by atoms with E-state index in [1.54, 1.807) is 0 Å². The van der Waals surface area contributed by atoms with Gasteiger partial charge in [0, 0.05) is 6.42 Å². The standard InChI is InChI=1S/C10H11ClN4S/c11-7-5-4-6(16-7)10-14-13-9-3-1-2-8(12)15(9)10/h4-5,8H,1-3,12H2. The lowest BCUT2D eigenvalue weighted by atomic mass is 10.1. The van der Waals surface area contributed by atoms with Gasteiger partial charge in [-0.25, -0.2) is 0 Å². The van der Waals surface area contributed by atoms with Crippen LogP contribution in [-0.2, 0) is 6.42 Å². The summed E-state index contributed by atoms with van der Waals surface area (Å²) in [4.78, 5) is 1.03. The molecule has 1 atom stereocenters. The van der Waals surface area contributed by atoms with Crippen LogP contribution in [0.3, 0.4) is 0 Å². The van der Waals surface area contributed by atoms with Gasteiger partial charge >= 0.3 is 0 Å². The molecule has 0 saturated carbocycles. The zero-order valence-electron chi connectivity index (χ0n) is 8.56. The molecule has 6 heteroatoms. The Balaban J connectivity index is 2.12. The summed E-state index contributed by atoms with van der Waals surface area (Å²) in [6.45, 7) is 0. The molecule has 3 heterocycles. The molecule has 0 aromatic carbocycles. The van der Waals surface area contributed by atoms with Crippen LogP contribution in [0.15, 0.2) is 12.1 Å². The monoisotopic (exact) mass is 254 g/mol. The van der Waals surface area contributed by atoms with E-state index in [0.717, 1.165) is 40.1 Å². The van der Waals surface area contributed by atoms with Crippen LogP contribution in [0.2, 0.25) is 4.34 Å². The van der Waals surface area contributed by atoms with Gasteiger partial charge in [-0.3, -0.25) is 4.57 Å². The molecular formula is C10H11ClN4S. The first-order valence-corrected chi connectivity index (χ1v) is 6.40.